The van der Waals surface area contributed by atoms with Gasteiger partial charge in [-0.25, -0.2) is 28.1 Å². The van der Waals surface area contributed by atoms with Crippen molar-refractivity contribution in [3.8, 4) is 17.3 Å². The summed E-state index contributed by atoms with van der Waals surface area (Å²) in [7, 11) is 0. The lowest BCUT2D eigenvalue weighted by molar-refractivity contribution is -0.0168. The Labute approximate surface area is 163 Å². The smallest absolute Gasteiger partial charge is 0.271 e. The maximum absolute atomic E-state index is 14.6. The molecule has 0 spiro atoms. The molecule has 0 unspecified atom stereocenters. The van der Waals surface area contributed by atoms with Crippen molar-refractivity contribution in [2.24, 2.45) is 16.5 Å². The first-order valence-corrected chi connectivity index (χ1v) is 8.28. The molecule has 0 fully saturated rings. The van der Waals surface area contributed by atoms with Crippen LogP contribution in [0.5, 0.6) is 0 Å². The van der Waals surface area contributed by atoms with Gasteiger partial charge in [0.05, 0.1) is 17.9 Å². The molecule has 11 heteroatoms. The number of aromatic nitrogens is 2. The molecule has 0 radical (unpaired) electrons. The number of carbonyl (C=O) groups excluding carboxylic acids is 1. The monoisotopic (exact) mass is 404 g/mol. The highest BCUT2D eigenvalue weighted by Gasteiger charge is 2.48. The first-order valence-electron chi connectivity index (χ1n) is 8.28. The van der Waals surface area contributed by atoms with E-state index in [0.29, 0.717) is 0 Å². The third-order valence-corrected chi connectivity index (χ3v) is 4.46. The minimum Gasteiger partial charge on any atom is -0.385 e. The maximum Gasteiger partial charge on any atom is 0.271 e. The van der Waals surface area contributed by atoms with Crippen molar-refractivity contribution < 1.29 is 22.7 Å². The number of pyridine rings is 2. The van der Waals surface area contributed by atoms with Gasteiger partial charge in [0.1, 0.15) is 35.7 Å². The Morgan fingerprint density at radius 1 is 1.41 bits per heavy atom. The van der Waals surface area contributed by atoms with Crippen LogP contribution in [-0.4, -0.2) is 41.3 Å². The van der Waals surface area contributed by atoms with E-state index in [1.54, 1.807) is 0 Å². The Hall–Kier alpha value is -3.52. The van der Waals surface area contributed by atoms with E-state index in [0.717, 1.165) is 12.3 Å². The van der Waals surface area contributed by atoms with Crippen molar-refractivity contribution in [1.82, 2.24) is 9.97 Å². The van der Waals surface area contributed by atoms with E-state index in [1.807, 2.05) is 6.07 Å². The second-order valence-electron chi connectivity index (χ2n) is 6.34. The predicted octanol–water partition coefficient (Wildman–Crippen LogP) is 1.41. The Kier molecular flexibility index (Phi) is 5.21. The number of primary amides is 1. The standard InChI is InChI=1S/C18H15F3N6O2/c1-8-13(9(4-22)5-25-14(8)16(24)28)11-3-2-10(19)15(26-11)18(17(20)21)7-29-6-12(23)27-18/h2-3,5,17H,6-7H2,1H3,(H2,23,27)(H2,24,28)/t18-/m1/s1. The zero-order valence-corrected chi connectivity index (χ0v) is 15.1. The highest BCUT2D eigenvalue weighted by atomic mass is 19.3. The number of hydrogen-bond donors (Lipinski definition) is 2. The quantitative estimate of drug-likeness (QED) is 0.789. The van der Waals surface area contributed by atoms with Crippen LogP contribution in [-0.2, 0) is 10.3 Å². The van der Waals surface area contributed by atoms with E-state index in [-0.39, 0.29) is 40.5 Å². The molecule has 8 nitrogen and oxygen atoms in total. The van der Waals surface area contributed by atoms with Crippen molar-refractivity contribution in [2.45, 2.75) is 18.9 Å². The van der Waals surface area contributed by atoms with Gasteiger partial charge in [0, 0.05) is 11.8 Å². The first-order chi connectivity index (χ1) is 13.7. The lowest BCUT2D eigenvalue weighted by Gasteiger charge is -2.32. The molecule has 2 aromatic heterocycles. The van der Waals surface area contributed by atoms with Crippen LogP contribution in [0.15, 0.2) is 23.3 Å². The van der Waals surface area contributed by atoms with Gasteiger partial charge >= 0.3 is 0 Å². The van der Waals surface area contributed by atoms with Crippen LogP contribution in [0.4, 0.5) is 13.2 Å². The minimum absolute atomic E-state index is 0.00608. The number of aliphatic imine (C=N–C) groups is 1. The number of hydrogen-bond acceptors (Lipinski definition) is 7. The van der Waals surface area contributed by atoms with Gasteiger partial charge in [0.25, 0.3) is 12.3 Å². The molecule has 3 heterocycles. The SMILES string of the molecule is Cc1c(C(N)=O)ncc(C#N)c1-c1ccc(F)c([C@@]2(C(F)F)COCC(N)=N2)n1. The number of amidine groups is 1. The van der Waals surface area contributed by atoms with Gasteiger partial charge in [-0.2, -0.15) is 5.26 Å². The molecule has 0 bridgehead atoms. The number of halogens is 3. The summed E-state index contributed by atoms with van der Waals surface area (Å²) in [5, 5.41) is 9.39. The van der Waals surface area contributed by atoms with Crippen LogP contribution >= 0.6 is 0 Å². The summed E-state index contributed by atoms with van der Waals surface area (Å²) >= 11 is 0. The Bertz CT molecular complexity index is 1070. The van der Waals surface area contributed by atoms with E-state index >= 15 is 0 Å². The summed E-state index contributed by atoms with van der Waals surface area (Å²) in [6.07, 6.45) is -2.07. The molecule has 3 rings (SSSR count). The normalized spacial score (nSPS) is 19.0. The molecule has 2 aromatic rings. The molecule has 1 aliphatic heterocycles. The number of nitrogens with zero attached hydrogens (tertiary/aromatic N) is 4. The van der Waals surface area contributed by atoms with Crippen molar-refractivity contribution >= 4 is 11.7 Å². The molecule has 0 saturated carbocycles. The van der Waals surface area contributed by atoms with Crippen molar-refractivity contribution in [3.63, 3.8) is 0 Å². The highest BCUT2D eigenvalue weighted by Crippen LogP contribution is 2.37. The topological polar surface area (TPSA) is 140 Å². The molecule has 0 aromatic carbocycles. The summed E-state index contributed by atoms with van der Waals surface area (Å²) in [6, 6.07) is 4.01. The van der Waals surface area contributed by atoms with Crippen LogP contribution in [0.3, 0.4) is 0 Å². The maximum atomic E-state index is 14.6. The van der Waals surface area contributed by atoms with E-state index in [2.05, 4.69) is 15.0 Å². The van der Waals surface area contributed by atoms with Gasteiger partial charge in [-0.1, -0.05) is 0 Å². The molecule has 150 valence electrons. The molecule has 0 aliphatic carbocycles. The van der Waals surface area contributed by atoms with E-state index in [4.69, 9.17) is 16.2 Å². The Morgan fingerprint density at radius 2 is 2.14 bits per heavy atom. The number of ether oxygens (including phenoxy) is 1. The number of carbonyl (C=O) groups is 1. The van der Waals surface area contributed by atoms with Crippen molar-refractivity contribution in [3.05, 3.63) is 46.7 Å². The van der Waals surface area contributed by atoms with Gasteiger partial charge < -0.3 is 16.2 Å². The number of amides is 1. The molecule has 4 N–H and O–H groups in total. The summed E-state index contributed by atoms with van der Waals surface area (Å²) in [5.74, 6) is -2.12. The molecule has 1 aliphatic rings. The first kappa shape index (κ1) is 20.2. The Balaban J connectivity index is 2.29. The molecule has 1 amide bonds. The van der Waals surface area contributed by atoms with Crippen LogP contribution < -0.4 is 11.5 Å². The zero-order chi connectivity index (χ0) is 21.3. The fraction of sp³-hybridized carbons (Fsp3) is 0.278. The molecule has 29 heavy (non-hydrogen) atoms. The van der Waals surface area contributed by atoms with Crippen LogP contribution in [0.2, 0.25) is 0 Å². The highest BCUT2D eigenvalue weighted by molar-refractivity contribution is 5.94. The van der Waals surface area contributed by atoms with Gasteiger partial charge in [-0.05, 0) is 24.6 Å². The molecular formula is C18H15F3N6O2. The van der Waals surface area contributed by atoms with Gasteiger partial charge in [0.2, 0.25) is 0 Å². The van der Waals surface area contributed by atoms with Crippen LogP contribution in [0.1, 0.15) is 27.3 Å². The van der Waals surface area contributed by atoms with Crippen molar-refractivity contribution in [2.75, 3.05) is 13.2 Å². The lowest BCUT2D eigenvalue weighted by Crippen LogP contribution is -2.46. The average Bonchev–Trinajstić information content (AvgIpc) is 2.67. The number of alkyl halides is 2. The van der Waals surface area contributed by atoms with Crippen LogP contribution in [0, 0.1) is 24.1 Å². The number of nitriles is 1. The minimum atomic E-state index is -3.17. The summed E-state index contributed by atoms with van der Waals surface area (Å²) in [4.78, 5) is 23.2. The van der Waals surface area contributed by atoms with Gasteiger partial charge in [0.15, 0.2) is 5.54 Å². The third kappa shape index (κ3) is 3.38. The molecule has 1 atom stereocenters. The van der Waals surface area contributed by atoms with Crippen molar-refractivity contribution in [1.29, 1.82) is 5.26 Å². The summed E-state index contributed by atoms with van der Waals surface area (Å²) in [6.45, 7) is 0.669. The average molecular weight is 404 g/mol. The van der Waals surface area contributed by atoms with Gasteiger partial charge in [-0.15, -0.1) is 0 Å². The third-order valence-electron chi connectivity index (χ3n) is 4.46. The van der Waals surface area contributed by atoms with E-state index in [1.165, 1.54) is 13.0 Å². The fourth-order valence-electron chi connectivity index (χ4n) is 3.13. The summed E-state index contributed by atoms with van der Waals surface area (Å²) < 4.78 is 47.6. The zero-order valence-electron chi connectivity index (χ0n) is 15.1. The lowest BCUT2D eigenvalue weighted by atomic mass is 9.93. The number of nitrogens with two attached hydrogens (primary N) is 2. The predicted molar refractivity (Wildman–Crippen MR) is 95.5 cm³/mol. The Morgan fingerprint density at radius 3 is 2.72 bits per heavy atom. The largest absolute Gasteiger partial charge is 0.385 e. The van der Waals surface area contributed by atoms with Gasteiger partial charge in [-0.3, -0.25) is 4.79 Å². The fourth-order valence-corrected chi connectivity index (χ4v) is 3.13. The molecular weight excluding hydrogens is 389 g/mol. The second-order valence-corrected chi connectivity index (χ2v) is 6.34. The second kappa shape index (κ2) is 7.48. The van der Waals surface area contributed by atoms with E-state index < -0.39 is 36.0 Å². The van der Waals surface area contributed by atoms with E-state index in [9.17, 15) is 23.2 Å². The van der Waals surface area contributed by atoms with Crippen LogP contribution in [0.25, 0.3) is 11.3 Å². The number of rotatable bonds is 4. The summed E-state index contributed by atoms with van der Waals surface area (Å²) in [5.41, 5.74) is 7.88. The molecule has 0 saturated heterocycles.